The van der Waals surface area contributed by atoms with Gasteiger partial charge in [-0.05, 0) is 31.8 Å². The summed E-state index contributed by atoms with van der Waals surface area (Å²) in [5.74, 6) is -0.558. The molecule has 0 bridgehead atoms. The lowest BCUT2D eigenvalue weighted by molar-refractivity contribution is -0.137. The summed E-state index contributed by atoms with van der Waals surface area (Å²) < 4.78 is 0. The maximum absolute atomic E-state index is 11.1. The van der Waals surface area contributed by atoms with Crippen LogP contribution in [0.3, 0.4) is 0 Å². The van der Waals surface area contributed by atoms with Crippen molar-refractivity contribution < 1.29 is 14.7 Å². The first-order chi connectivity index (χ1) is 9.16. The molecule has 0 rings (SSSR count). The molecule has 0 unspecified atom stereocenters. The average Bonchev–Trinajstić information content (AvgIpc) is 2.36. The molecule has 0 radical (unpaired) electrons. The number of aliphatic carboxylic acids is 1. The summed E-state index contributed by atoms with van der Waals surface area (Å²) in [4.78, 5) is 21.4. The topological polar surface area (TPSA) is 54.4 Å². The molecule has 0 aliphatic carbocycles. The molecule has 3 heteroatoms. The van der Waals surface area contributed by atoms with Crippen molar-refractivity contribution in [2.24, 2.45) is 0 Å². The SMILES string of the molecule is CCCC(=O)C=CC=CC=CCCCCCC(=O)O. The van der Waals surface area contributed by atoms with Crippen LogP contribution in [0, 0.1) is 0 Å². The zero-order valence-electron chi connectivity index (χ0n) is 11.7. The van der Waals surface area contributed by atoms with E-state index < -0.39 is 5.97 Å². The highest BCUT2D eigenvalue weighted by Crippen LogP contribution is 2.03. The van der Waals surface area contributed by atoms with E-state index in [2.05, 4.69) is 6.08 Å². The Morgan fingerprint density at radius 2 is 1.68 bits per heavy atom. The van der Waals surface area contributed by atoms with Crippen LogP contribution in [-0.4, -0.2) is 16.9 Å². The van der Waals surface area contributed by atoms with Gasteiger partial charge in [0.25, 0.3) is 0 Å². The number of carbonyl (C=O) groups is 2. The van der Waals surface area contributed by atoms with Gasteiger partial charge in [0, 0.05) is 12.8 Å². The molecule has 106 valence electrons. The molecule has 0 saturated heterocycles. The van der Waals surface area contributed by atoms with Crippen molar-refractivity contribution in [2.75, 3.05) is 0 Å². The Labute approximate surface area is 115 Å². The molecule has 0 spiro atoms. The third-order valence-corrected chi connectivity index (χ3v) is 2.51. The van der Waals surface area contributed by atoms with Gasteiger partial charge in [-0.15, -0.1) is 0 Å². The third kappa shape index (κ3) is 14.3. The molecular weight excluding hydrogens is 240 g/mol. The third-order valence-electron chi connectivity index (χ3n) is 2.51. The fourth-order valence-corrected chi connectivity index (χ4v) is 1.51. The number of hydrogen-bond donors (Lipinski definition) is 1. The Balaban J connectivity index is 3.52. The van der Waals surface area contributed by atoms with Gasteiger partial charge in [-0.1, -0.05) is 43.7 Å². The lowest BCUT2D eigenvalue weighted by atomic mass is 10.1. The van der Waals surface area contributed by atoms with Gasteiger partial charge in [-0.3, -0.25) is 9.59 Å². The van der Waals surface area contributed by atoms with E-state index in [1.807, 2.05) is 25.2 Å². The summed E-state index contributed by atoms with van der Waals surface area (Å²) in [7, 11) is 0. The van der Waals surface area contributed by atoms with E-state index in [1.54, 1.807) is 12.2 Å². The van der Waals surface area contributed by atoms with E-state index in [4.69, 9.17) is 5.11 Å². The first-order valence-electron chi connectivity index (χ1n) is 6.91. The zero-order valence-corrected chi connectivity index (χ0v) is 11.7. The monoisotopic (exact) mass is 264 g/mol. The van der Waals surface area contributed by atoms with Crippen LogP contribution in [0.4, 0.5) is 0 Å². The van der Waals surface area contributed by atoms with Crippen molar-refractivity contribution in [1.82, 2.24) is 0 Å². The van der Waals surface area contributed by atoms with Crippen molar-refractivity contribution >= 4 is 11.8 Å². The van der Waals surface area contributed by atoms with Crippen molar-refractivity contribution in [1.29, 1.82) is 0 Å². The van der Waals surface area contributed by atoms with E-state index >= 15 is 0 Å². The molecule has 0 amide bonds. The number of carboxylic acid groups (broad SMARTS) is 1. The van der Waals surface area contributed by atoms with Crippen LogP contribution >= 0.6 is 0 Å². The number of carbonyl (C=O) groups excluding carboxylic acids is 1. The first kappa shape index (κ1) is 17.4. The number of carboxylic acids is 1. The summed E-state index contributed by atoms with van der Waals surface area (Å²) >= 11 is 0. The molecule has 0 saturated carbocycles. The minimum absolute atomic E-state index is 0.162. The van der Waals surface area contributed by atoms with Gasteiger partial charge < -0.3 is 5.11 Å². The molecule has 19 heavy (non-hydrogen) atoms. The standard InChI is InChI=1S/C16H24O3/c1-2-12-15(17)13-10-8-6-4-3-5-7-9-11-14-16(18)19/h3-4,6,8,10,13H,2,5,7,9,11-12,14H2,1H3,(H,18,19). The van der Waals surface area contributed by atoms with Crippen LogP contribution < -0.4 is 0 Å². The van der Waals surface area contributed by atoms with Crippen LogP contribution in [0.1, 0.15) is 51.9 Å². The van der Waals surface area contributed by atoms with Crippen LogP contribution in [0.5, 0.6) is 0 Å². The Kier molecular flexibility index (Phi) is 11.7. The second kappa shape index (κ2) is 12.8. The molecule has 0 aliphatic heterocycles. The molecule has 3 nitrogen and oxygen atoms in total. The number of unbranched alkanes of at least 4 members (excludes halogenated alkanes) is 3. The average molecular weight is 264 g/mol. The largest absolute Gasteiger partial charge is 0.481 e. The molecule has 0 aliphatic rings. The highest BCUT2D eigenvalue weighted by atomic mass is 16.4. The van der Waals surface area contributed by atoms with Gasteiger partial charge in [0.05, 0.1) is 0 Å². The minimum atomic E-state index is -0.720. The fraction of sp³-hybridized carbons (Fsp3) is 0.500. The summed E-state index contributed by atoms with van der Waals surface area (Å²) in [6.07, 6.45) is 16.5. The maximum atomic E-state index is 11.1. The Morgan fingerprint density at radius 1 is 0.947 bits per heavy atom. The molecule has 0 atom stereocenters. The summed E-state index contributed by atoms with van der Waals surface area (Å²) in [5, 5.41) is 8.46. The fourth-order valence-electron chi connectivity index (χ4n) is 1.51. The second-order valence-electron chi connectivity index (χ2n) is 4.38. The predicted octanol–water partition coefficient (Wildman–Crippen LogP) is 4.06. The van der Waals surface area contributed by atoms with Crippen molar-refractivity contribution in [2.45, 2.75) is 51.9 Å². The van der Waals surface area contributed by atoms with Gasteiger partial charge in [-0.25, -0.2) is 0 Å². The molecule has 0 fully saturated rings. The van der Waals surface area contributed by atoms with E-state index in [9.17, 15) is 9.59 Å². The molecule has 0 heterocycles. The summed E-state index contributed by atoms with van der Waals surface area (Å²) in [6, 6.07) is 0. The maximum Gasteiger partial charge on any atom is 0.303 e. The van der Waals surface area contributed by atoms with Crippen LogP contribution in [-0.2, 0) is 9.59 Å². The predicted molar refractivity (Wildman–Crippen MR) is 78.1 cm³/mol. The van der Waals surface area contributed by atoms with E-state index in [0.717, 1.165) is 32.1 Å². The highest BCUT2D eigenvalue weighted by Gasteiger charge is 1.94. The normalized spacial score (nSPS) is 11.8. The Morgan fingerprint density at radius 3 is 2.37 bits per heavy atom. The van der Waals surface area contributed by atoms with E-state index in [1.165, 1.54) is 0 Å². The van der Waals surface area contributed by atoms with Gasteiger partial charge in [0.2, 0.25) is 0 Å². The second-order valence-corrected chi connectivity index (χ2v) is 4.38. The van der Waals surface area contributed by atoms with E-state index in [0.29, 0.717) is 6.42 Å². The van der Waals surface area contributed by atoms with Gasteiger partial charge in [0.1, 0.15) is 0 Å². The van der Waals surface area contributed by atoms with Gasteiger partial charge >= 0.3 is 5.97 Å². The van der Waals surface area contributed by atoms with Crippen molar-refractivity contribution in [3.05, 3.63) is 36.5 Å². The lowest BCUT2D eigenvalue weighted by Crippen LogP contribution is -1.93. The van der Waals surface area contributed by atoms with Crippen LogP contribution in [0.25, 0.3) is 0 Å². The molecule has 0 aromatic rings. The zero-order chi connectivity index (χ0) is 14.3. The first-order valence-corrected chi connectivity index (χ1v) is 6.91. The number of ketones is 1. The van der Waals surface area contributed by atoms with Crippen LogP contribution in [0.2, 0.25) is 0 Å². The highest BCUT2D eigenvalue weighted by molar-refractivity contribution is 5.89. The molecule has 0 aromatic heterocycles. The summed E-state index contributed by atoms with van der Waals surface area (Å²) in [5.41, 5.74) is 0. The Bertz CT molecular complexity index is 338. The van der Waals surface area contributed by atoms with E-state index in [-0.39, 0.29) is 12.2 Å². The van der Waals surface area contributed by atoms with Crippen molar-refractivity contribution in [3.63, 3.8) is 0 Å². The van der Waals surface area contributed by atoms with Crippen molar-refractivity contribution in [3.8, 4) is 0 Å². The molecular formula is C16H24O3. The summed E-state index contributed by atoms with van der Waals surface area (Å²) in [6.45, 7) is 1.99. The number of allylic oxidation sites excluding steroid dienone is 6. The number of rotatable bonds is 11. The Hall–Kier alpha value is -1.64. The van der Waals surface area contributed by atoms with Gasteiger partial charge in [-0.2, -0.15) is 0 Å². The minimum Gasteiger partial charge on any atom is -0.481 e. The number of hydrogen-bond acceptors (Lipinski definition) is 2. The molecule has 0 aromatic carbocycles. The van der Waals surface area contributed by atoms with Gasteiger partial charge in [0.15, 0.2) is 5.78 Å². The smallest absolute Gasteiger partial charge is 0.303 e. The lowest BCUT2D eigenvalue weighted by Gasteiger charge is -1.94. The molecule has 1 N–H and O–H groups in total. The van der Waals surface area contributed by atoms with Crippen LogP contribution in [0.15, 0.2) is 36.5 Å². The quantitative estimate of drug-likeness (QED) is 0.348.